The lowest BCUT2D eigenvalue weighted by atomic mass is 10.2. The monoisotopic (exact) mass is 415 g/mol. The number of amides is 1. The lowest BCUT2D eigenvalue weighted by Gasteiger charge is -2.11. The van der Waals surface area contributed by atoms with Crippen LogP contribution in [0.1, 0.15) is 18.4 Å². The molecule has 1 amide bonds. The molecule has 0 aliphatic rings. The number of ether oxygens (including phenoxy) is 2. The summed E-state index contributed by atoms with van der Waals surface area (Å²) in [5.41, 5.74) is 0.666. The van der Waals surface area contributed by atoms with Crippen LogP contribution in [0.15, 0.2) is 34.1 Å². The minimum Gasteiger partial charge on any atom is -0.497 e. The van der Waals surface area contributed by atoms with Crippen molar-refractivity contribution in [3.8, 4) is 11.5 Å². The first-order valence-electron chi connectivity index (χ1n) is 9.45. The highest BCUT2D eigenvalue weighted by atomic mass is 16.5. The van der Waals surface area contributed by atoms with Crippen molar-refractivity contribution in [2.75, 3.05) is 14.2 Å². The number of carbonyl (C=O) groups excluding carboxylic acids is 1. The molecule has 0 spiro atoms. The second-order valence-electron chi connectivity index (χ2n) is 6.87. The number of imidazole rings is 1. The largest absolute Gasteiger partial charge is 0.497 e. The summed E-state index contributed by atoms with van der Waals surface area (Å²) in [6.07, 6.45) is 2.31. The molecule has 0 aliphatic heterocycles. The smallest absolute Gasteiger partial charge is 0.332 e. The van der Waals surface area contributed by atoms with E-state index in [1.165, 1.54) is 17.9 Å². The van der Waals surface area contributed by atoms with Crippen molar-refractivity contribution in [1.82, 2.24) is 24.0 Å². The highest BCUT2D eigenvalue weighted by Crippen LogP contribution is 2.23. The number of nitrogens with one attached hydrogen (secondary N) is 1. The molecule has 0 aliphatic carbocycles. The Balaban J connectivity index is 1.62. The Bertz CT molecular complexity index is 1190. The summed E-state index contributed by atoms with van der Waals surface area (Å²) in [4.78, 5) is 40.9. The number of hydrogen-bond donors (Lipinski definition) is 1. The van der Waals surface area contributed by atoms with Gasteiger partial charge in [0.2, 0.25) is 5.91 Å². The lowest BCUT2D eigenvalue weighted by Crippen LogP contribution is -2.37. The molecule has 3 aromatic rings. The summed E-state index contributed by atoms with van der Waals surface area (Å²) in [5.74, 6) is 1.23. The van der Waals surface area contributed by atoms with E-state index in [0.29, 0.717) is 42.2 Å². The molecule has 160 valence electrons. The Kier molecular flexibility index (Phi) is 6.24. The molecule has 0 atom stereocenters. The van der Waals surface area contributed by atoms with Gasteiger partial charge in [-0.2, -0.15) is 0 Å². The summed E-state index contributed by atoms with van der Waals surface area (Å²) in [5, 5.41) is 2.87. The molecule has 0 fully saturated rings. The molecule has 1 aromatic carbocycles. The van der Waals surface area contributed by atoms with Crippen LogP contribution in [0.5, 0.6) is 11.5 Å². The maximum atomic E-state index is 12.4. The van der Waals surface area contributed by atoms with Crippen molar-refractivity contribution in [3.05, 3.63) is 50.9 Å². The zero-order valence-electron chi connectivity index (χ0n) is 17.5. The van der Waals surface area contributed by atoms with Crippen LogP contribution >= 0.6 is 0 Å². The maximum Gasteiger partial charge on any atom is 0.332 e. The zero-order valence-corrected chi connectivity index (χ0v) is 17.5. The van der Waals surface area contributed by atoms with Crippen molar-refractivity contribution >= 4 is 17.1 Å². The fourth-order valence-electron chi connectivity index (χ4n) is 3.28. The standard InChI is InChI=1S/C20H25N5O5/c1-23-18-17(19(27)24(2)20(23)28)25(12-22-18)9-5-6-16(26)21-11-13-10-14(29-3)7-8-15(13)30-4/h7-8,10,12H,5-6,9,11H2,1-4H3,(H,21,26). The molecule has 2 heterocycles. The molecule has 2 aromatic heterocycles. The minimum atomic E-state index is -0.426. The first kappa shape index (κ1) is 21.2. The van der Waals surface area contributed by atoms with Crippen LogP contribution in [0.3, 0.4) is 0 Å². The fourth-order valence-corrected chi connectivity index (χ4v) is 3.28. The lowest BCUT2D eigenvalue weighted by molar-refractivity contribution is -0.121. The number of aromatic nitrogens is 4. The predicted octanol–water partition coefficient (Wildman–Crippen LogP) is 0.548. The second-order valence-corrected chi connectivity index (χ2v) is 6.87. The van der Waals surface area contributed by atoms with Gasteiger partial charge in [0.05, 0.1) is 20.5 Å². The Morgan fingerprint density at radius 1 is 1.13 bits per heavy atom. The van der Waals surface area contributed by atoms with E-state index < -0.39 is 11.2 Å². The molecule has 10 heteroatoms. The number of fused-ring (bicyclic) bond motifs is 1. The first-order chi connectivity index (χ1) is 14.4. The maximum absolute atomic E-state index is 12.4. The molecular formula is C20H25N5O5. The topological polar surface area (TPSA) is 109 Å². The van der Waals surface area contributed by atoms with Crippen molar-refractivity contribution < 1.29 is 14.3 Å². The minimum absolute atomic E-state index is 0.121. The first-order valence-corrected chi connectivity index (χ1v) is 9.45. The number of carbonyl (C=O) groups is 1. The third-order valence-electron chi connectivity index (χ3n) is 4.98. The van der Waals surface area contributed by atoms with Gasteiger partial charge in [-0.3, -0.25) is 18.7 Å². The van der Waals surface area contributed by atoms with Gasteiger partial charge in [-0.1, -0.05) is 0 Å². The van der Waals surface area contributed by atoms with E-state index >= 15 is 0 Å². The van der Waals surface area contributed by atoms with Crippen LogP contribution in [0.2, 0.25) is 0 Å². The average Bonchev–Trinajstić information content (AvgIpc) is 3.18. The van der Waals surface area contributed by atoms with Gasteiger partial charge >= 0.3 is 5.69 Å². The molecule has 0 bridgehead atoms. The zero-order chi connectivity index (χ0) is 21.8. The summed E-state index contributed by atoms with van der Waals surface area (Å²) in [6.45, 7) is 0.746. The Hall–Kier alpha value is -3.56. The number of aryl methyl sites for hydroxylation is 2. The van der Waals surface area contributed by atoms with Crippen LogP contribution in [0, 0.1) is 0 Å². The van der Waals surface area contributed by atoms with E-state index in [-0.39, 0.29) is 12.3 Å². The van der Waals surface area contributed by atoms with Gasteiger partial charge in [0.1, 0.15) is 11.5 Å². The molecule has 0 radical (unpaired) electrons. The molecule has 1 N–H and O–H groups in total. The third-order valence-corrected chi connectivity index (χ3v) is 4.98. The summed E-state index contributed by atoms with van der Waals surface area (Å²) >= 11 is 0. The third kappa shape index (κ3) is 4.07. The van der Waals surface area contributed by atoms with Crippen molar-refractivity contribution in [2.24, 2.45) is 14.1 Å². The summed E-state index contributed by atoms with van der Waals surface area (Å²) in [6, 6.07) is 5.40. The summed E-state index contributed by atoms with van der Waals surface area (Å²) in [7, 11) is 6.15. The predicted molar refractivity (Wildman–Crippen MR) is 111 cm³/mol. The molecule has 3 rings (SSSR count). The molecule has 0 saturated carbocycles. The van der Waals surface area contributed by atoms with Crippen LogP contribution in [-0.4, -0.2) is 38.8 Å². The van der Waals surface area contributed by atoms with Crippen LogP contribution in [0.25, 0.3) is 11.2 Å². The Labute approximate surface area is 172 Å². The molecule has 10 nitrogen and oxygen atoms in total. The van der Waals surface area contributed by atoms with Gasteiger partial charge in [0.25, 0.3) is 5.56 Å². The number of nitrogens with zero attached hydrogens (tertiary/aromatic N) is 4. The van der Waals surface area contributed by atoms with Gasteiger partial charge in [0, 0.05) is 39.2 Å². The van der Waals surface area contributed by atoms with Gasteiger partial charge in [-0.15, -0.1) is 0 Å². The Morgan fingerprint density at radius 2 is 1.90 bits per heavy atom. The number of benzene rings is 1. The SMILES string of the molecule is COc1ccc(OC)c(CNC(=O)CCCn2cnc3c2c(=O)n(C)c(=O)n3C)c1. The van der Waals surface area contributed by atoms with E-state index in [1.807, 2.05) is 6.07 Å². The second kappa shape index (κ2) is 8.85. The van der Waals surface area contributed by atoms with Gasteiger partial charge in [-0.25, -0.2) is 9.78 Å². The van der Waals surface area contributed by atoms with Crippen molar-refractivity contribution in [3.63, 3.8) is 0 Å². The Morgan fingerprint density at radius 3 is 2.60 bits per heavy atom. The quantitative estimate of drug-likeness (QED) is 0.575. The number of methoxy groups -OCH3 is 2. The number of rotatable bonds is 8. The highest BCUT2D eigenvalue weighted by Gasteiger charge is 2.14. The molecule has 30 heavy (non-hydrogen) atoms. The fraction of sp³-hybridized carbons (Fsp3) is 0.400. The highest BCUT2D eigenvalue weighted by molar-refractivity contribution is 5.76. The van der Waals surface area contributed by atoms with E-state index in [4.69, 9.17) is 9.47 Å². The van der Waals surface area contributed by atoms with Gasteiger partial charge in [-0.05, 0) is 24.6 Å². The average molecular weight is 415 g/mol. The van der Waals surface area contributed by atoms with E-state index in [2.05, 4.69) is 10.3 Å². The van der Waals surface area contributed by atoms with Gasteiger partial charge < -0.3 is 19.4 Å². The normalized spacial score (nSPS) is 10.9. The van der Waals surface area contributed by atoms with E-state index in [9.17, 15) is 14.4 Å². The van der Waals surface area contributed by atoms with Crippen LogP contribution < -0.4 is 26.0 Å². The van der Waals surface area contributed by atoms with Crippen LogP contribution in [-0.2, 0) is 32.0 Å². The van der Waals surface area contributed by atoms with Gasteiger partial charge in [0.15, 0.2) is 11.2 Å². The van der Waals surface area contributed by atoms with E-state index in [1.54, 1.807) is 38.0 Å². The van der Waals surface area contributed by atoms with Crippen molar-refractivity contribution in [1.29, 1.82) is 0 Å². The molecule has 0 saturated heterocycles. The molecule has 0 unspecified atom stereocenters. The number of hydrogen-bond acceptors (Lipinski definition) is 6. The van der Waals surface area contributed by atoms with E-state index in [0.717, 1.165) is 10.1 Å². The van der Waals surface area contributed by atoms with Crippen LogP contribution in [0.4, 0.5) is 0 Å². The van der Waals surface area contributed by atoms with Crippen molar-refractivity contribution in [2.45, 2.75) is 25.9 Å². The molecular weight excluding hydrogens is 390 g/mol. The summed E-state index contributed by atoms with van der Waals surface area (Å²) < 4.78 is 14.6.